The highest BCUT2D eigenvalue weighted by molar-refractivity contribution is 7.80. The van der Waals surface area contributed by atoms with Crippen molar-refractivity contribution in [2.75, 3.05) is 50.1 Å². The molecule has 0 atom stereocenters. The van der Waals surface area contributed by atoms with Gasteiger partial charge in [0, 0.05) is 48.1 Å². The molecule has 0 bridgehead atoms. The first kappa shape index (κ1) is 29.2. The van der Waals surface area contributed by atoms with Crippen LogP contribution in [0.5, 0.6) is 11.5 Å². The zero-order chi connectivity index (χ0) is 28.5. The summed E-state index contributed by atoms with van der Waals surface area (Å²) in [6, 6.07) is 19.8. The Bertz CT molecular complexity index is 1330. The van der Waals surface area contributed by atoms with E-state index in [9.17, 15) is 9.59 Å². The first-order valence-corrected chi connectivity index (χ1v) is 14.0. The van der Waals surface area contributed by atoms with Crippen molar-refractivity contribution in [2.45, 2.75) is 19.8 Å². The maximum absolute atomic E-state index is 13.1. The minimum atomic E-state index is -0.294. The second-order valence-electron chi connectivity index (χ2n) is 9.31. The monoisotopic (exact) mass is 580 g/mol. The number of rotatable bonds is 9. The number of anilines is 2. The maximum Gasteiger partial charge on any atom is 0.257 e. The Morgan fingerprint density at radius 3 is 2.33 bits per heavy atom. The van der Waals surface area contributed by atoms with E-state index in [1.165, 1.54) is 0 Å². The lowest BCUT2D eigenvalue weighted by molar-refractivity contribution is 0.0743. The summed E-state index contributed by atoms with van der Waals surface area (Å²) < 4.78 is 11.0. The van der Waals surface area contributed by atoms with Gasteiger partial charge in [0.2, 0.25) is 0 Å². The van der Waals surface area contributed by atoms with E-state index in [1.54, 1.807) is 49.6 Å². The zero-order valence-corrected chi connectivity index (χ0v) is 24.2. The lowest BCUT2D eigenvalue weighted by atomic mass is 10.1. The third-order valence-electron chi connectivity index (χ3n) is 6.56. The summed E-state index contributed by atoms with van der Waals surface area (Å²) in [7, 11) is 1.54. The number of amides is 2. The van der Waals surface area contributed by atoms with Gasteiger partial charge in [-0.15, -0.1) is 0 Å². The van der Waals surface area contributed by atoms with E-state index in [2.05, 4.69) is 22.5 Å². The number of thiocarbonyl (C=S) groups is 1. The van der Waals surface area contributed by atoms with Crippen molar-refractivity contribution in [1.29, 1.82) is 0 Å². The summed E-state index contributed by atoms with van der Waals surface area (Å²) in [5, 5.41) is 6.48. The number of halogens is 1. The predicted octanol–water partition coefficient (Wildman–Crippen LogP) is 5.62. The van der Waals surface area contributed by atoms with E-state index in [4.69, 9.17) is 33.3 Å². The number of nitrogens with zero attached hydrogens (tertiary/aromatic N) is 2. The molecule has 1 saturated heterocycles. The molecule has 4 rings (SSSR count). The summed E-state index contributed by atoms with van der Waals surface area (Å²) in [4.78, 5) is 29.7. The van der Waals surface area contributed by atoms with E-state index in [-0.39, 0.29) is 16.9 Å². The minimum Gasteiger partial charge on any atom is -0.496 e. The molecule has 2 N–H and O–H groups in total. The van der Waals surface area contributed by atoms with Crippen LogP contribution in [0.15, 0.2) is 66.7 Å². The van der Waals surface area contributed by atoms with E-state index >= 15 is 0 Å². The molecule has 210 valence electrons. The first-order valence-electron chi connectivity index (χ1n) is 13.2. The Kier molecular flexibility index (Phi) is 10.2. The molecular weight excluding hydrogens is 548 g/mol. The van der Waals surface area contributed by atoms with Crippen LogP contribution in [0.2, 0.25) is 5.02 Å². The largest absolute Gasteiger partial charge is 0.496 e. The van der Waals surface area contributed by atoms with Crippen LogP contribution in [-0.2, 0) is 0 Å². The Morgan fingerprint density at radius 2 is 1.68 bits per heavy atom. The third kappa shape index (κ3) is 7.64. The minimum absolute atomic E-state index is 0.0923. The van der Waals surface area contributed by atoms with Crippen molar-refractivity contribution in [3.05, 3.63) is 82.9 Å². The molecule has 0 saturated carbocycles. The Balaban J connectivity index is 1.26. The maximum atomic E-state index is 13.1. The Labute approximate surface area is 245 Å². The highest BCUT2D eigenvalue weighted by atomic mass is 35.5. The van der Waals surface area contributed by atoms with Gasteiger partial charge < -0.3 is 24.6 Å². The van der Waals surface area contributed by atoms with Crippen molar-refractivity contribution in [2.24, 2.45) is 0 Å². The van der Waals surface area contributed by atoms with E-state index in [0.29, 0.717) is 54.7 Å². The fraction of sp³-hybridized carbons (Fsp3) is 0.300. The smallest absolute Gasteiger partial charge is 0.257 e. The molecule has 2 amide bonds. The van der Waals surface area contributed by atoms with Gasteiger partial charge in [0.1, 0.15) is 11.5 Å². The van der Waals surface area contributed by atoms with Gasteiger partial charge in [-0.25, -0.2) is 0 Å². The molecule has 0 aliphatic carbocycles. The number of ether oxygens (including phenoxy) is 2. The first-order chi connectivity index (χ1) is 19.4. The lowest BCUT2D eigenvalue weighted by Gasteiger charge is -2.36. The van der Waals surface area contributed by atoms with E-state index in [0.717, 1.165) is 30.0 Å². The average Bonchev–Trinajstić information content (AvgIpc) is 2.97. The van der Waals surface area contributed by atoms with Crippen molar-refractivity contribution >= 4 is 52.1 Å². The molecule has 1 aliphatic heterocycles. The van der Waals surface area contributed by atoms with Gasteiger partial charge in [-0.2, -0.15) is 0 Å². The number of piperazine rings is 1. The second kappa shape index (κ2) is 14.0. The number of hydrogen-bond acceptors (Lipinski definition) is 6. The van der Waals surface area contributed by atoms with Crippen molar-refractivity contribution in [3.8, 4) is 11.5 Å². The van der Waals surface area contributed by atoms with Crippen molar-refractivity contribution in [3.63, 3.8) is 0 Å². The van der Waals surface area contributed by atoms with Gasteiger partial charge in [0.15, 0.2) is 5.11 Å². The molecule has 40 heavy (non-hydrogen) atoms. The van der Waals surface area contributed by atoms with Crippen LogP contribution in [0.4, 0.5) is 11.4 Å². The van der Waals surface area contributed by atoms with Crippen LogP contribution in [-0.4, -0.2) is 61.7 Å². The molecule has 3 aromatic rings. The number of nitrogens with one attached hydrogen (secondary N) is 2. The Hall–Kier alpha value is -3.82. The fourth-order valence-electron chi connectivity index (χ4n) is 4.32. The summed E-state index contributed by atoms with van der Waals surface area (Å²) >= 11 is 11.4. The number of carbonyl (C=O) groups excluding carboxylic acids is 2. The SMILES string of the molecule is CCCCOc1ccc(C(=O)NC(=S)Nc2ccc(N3CCN(C(=O)c4cc(Cl)ccc4OC)CC3)cc2)cc1. The molecule has 1 fully saturated rings. The fourth-order valence-corrected chi connectivity index (χ4v) is 4.70. The van der Waals surface area contributed by atoms with Gasteiger partial charge in [0.25, 0.3) is 11.8 Å². The average molecular weight is 581 g/mol. The quantitative estimate of drug-likeness (QED) is 0.251. The van der Waals surface area contributed by atoms with Crippen molar-refractivity contribution < 1.29 is 19.1 Å². The number of methoxy groups -OCH3 is 1. The molecule has 1 heterocycles. The van der Waals surface area contributed by atoms with Gasteiger partial charge in [0.05, 0.1) is 19.3 Å². The molecular formula is C30H33ClN4O4S. The molecule has 0 radical (unpaired) electrons. The summed E-state index contributed by atoms with van der Waals surface area (Å²) in [5.41, 5.74) is 2.76. The van der Waals surface area contributed by atoms with Crippen LogP contribution >= 0.6 is 23.8 Å². The standard InChI is InChI=1S/C30H33ClN4O4S/c1-3-4-19-39-25-12-5-21(6-13-25)28(36)33-30(40)32-23-8-10-24(11-9-23)34-15-17-35(18-16-34)29(37)26-20-22(31)7-14-27(26)38-2/h5-14,20H,3-4,15-19H2,1-2H3,(H2,32,33,36,40). The van der Waals surface area contributed by atoms with E-state index in [1.807, 2.05) is 29.2 Å². The predicted molar refractivity (Wildman–Crippen MR) is 163 cm³/mol. The number of carbonyl (C=O) groups is 2. The van der Waals surface area contributed by atoms with Crippen LogP contribution in [0.25, 0.3) is 0 Å². The summed E-state index contributed by atoms with van der Waals surface area (Å²) in [6.07, 6.45) is 2.05. The van der Waals surface area contributed by atoms with Crippen molar-refractivity contribution in [1.82, 2.24) is 10.2 Å². The summed E-state index contributed by atoms with van der Waals surface area (Å²) in [6.45, 7) is 5.31. The highest BCUT2D eigenvalue weighted by Crippen LogP contribution is 2.26. The third-order valence-corrected chi connectivity index (χ3v) is 7.00. The van der Waals surface area contributed by atoms with Crippen LogP contribution in [0, 0.1) is 0 Å². The molecule has 0 unspecified atom stereocenters. The lowest BCUT2D eigenvalue weighted by Crippen LogP contribution is -2.48. The highest BCUT2D eigenvalue weighted by Gasteiger charge is 2.24. The van der Waals surface area contributed by atoms with Crippen LogP contribution in [0.3, 0.4) is 0 Å². The molecule has 8 nitrogen and oxygen atoms in total. The van der Waals surface area contributed by atoms with Gasteiger partial charge >= 0.3 is 0 Å². The molecule has 3 aromatic carbocycles. The van der Waals surface area contributed by atoms with Gasteiger partial charge in [-0.3, -0.25) is 14.9 Å². The van der Waals surface area contributed by atoms with Gasteiger partial charge in [-0.05, 0) is 85.4 Å². The molecule has 0 aromatic heterocycles. The van der Waals surface area contributed by atoms with E-state index < -0.39 is 0 Å². The summed E-state index contributed by atoms with van der Waals surface area (Å²) in [5.74, 6) is 0.863. The topological polar surface area (TPSA) is 83.1 Å². The number of benzene rings is 3. The zero-order valence-electron chi connectivity index (χ0n) is 22.6. The van der Waals surface area contributed by atoms with Gasteiger partial charge in [-0.1, -0.05) is 24.9 Å². The normalized spacial score (nSPS) is 13.0. The number of hydrogen-bond donors (Lipinski definition) is 2. The second-order valence-corrected chi connectivity index (χ2v) is 10.2. The molecule has 1 aliphatic rings. The van der Waals surface area contributed by atoms with Crippen LogP contribution < -0.4 is 25.0 Å². The molecule has 10 heteroatoms. The Morgan fingerprint density at radius 1 is 0.975 bits per heavy atom. The van der Waals surface area contributed by atoms with Crippen LogP contribution in [0.1, 0.15) is 40.5 Å². The molecule has 0 spiro atoms. The number of unbranched alkanes of at least 4 members (excludes halogenated alkanes) is 1.